The summed E-state index contributed by atoms with van der Waals surface area (Å²) < 4.78 is 0. The van der Waals surface area contributed by atoms with Crippen LogP contribution in [0.15, 0.2) is 35.7 Å². The van der Waals surface area contributed by atoms with Crippen molar-refractivity contribution in [1.29, 1.82) is 0 Å². The van der Waals surface area contributed by atoms with Crippen molar-refractivity contribution in [3.8, 4) is 0 Å². The summed E-state index contributed by atoms with van der Waals surface area (Å²) in [6, 6.07) is 7.19. The van der Waals surface area contributed by atoms with Gasteiger partial charge in [-0.1, -0.05) is 11.6 Å². The molecule has 1 heterocycles. The summed E-state index contributed by atoms with van der Waals surface area (Å²) in [7, 11) is 0. The van der Waals surface area contributed by atoms with E-state index >= 15 is 0 Å². The first-order valence-electron chi connectivity index (χ1n) is 5.20. The van der Waals surface area contributed by atoms with Crippen molar-refractivity contribution < 1.29 is 14.7 Å². The molecule has 0 aliphatic heterocycles. The van der Waals surface area contributed by atoms with Crippen LogP contribution < -0.4 is 10.6 Å². The molecule has 0 fully saturated rings. The lowest BCUT2D eigenvalue weighted by Gasteiger charge is -2.09. The van der Waals surface area contributed by atoms with Crippen LogP contribution in [0, 0.1) is 0 Å². The summed E-state index contributed by atoms with van der Waals surface area (Å²) in [5.41, 5.74) is 0.125. The van der Waals surface area contributed by atoms with E-state index in [1.165, 1.54) is 29.5 Å². The van der Waals surface area contributed by atoms with Crippen molar-refractivity contribution in [2.45, 2.75) is 0 Å². The summed E-state index contributed by atoms with van der Waals surface area (Å²) in [5.74, 6) is -1.14. The number of carboxylic acid groups (broad SMARTS) is 1. The number of urea groups is 1. The Labute approximate surface area is 117 Å². The number of aromatic carboxylic acids is 1. The molecule has 0 aliphatic carbocycles. The van der Waals surface area contributed by atoms with Crippen LogP contribution in [-0.2, 0) is 0 Å². The second-order valence-corrected chi connectivity index (χ2v) is 4.94. The van der Waals surface area contributed by atoms with Crippen molar-refractivity contribution in [2.24, 2.45) is 0 Å². The van der Waals surface area contributed by atoms with Crippen LogP contribution in [0.2, 0.25) is 5.02 Å². The maximum atomic E-state index is 11.7. The van der Waals surface area contributed by atoms with E-state index in [0.717, 1.165) is 0 Å². The van der Waals surface area contributed by atoms with Crippen molar-refractivity contribution in [3.05, 3.63) is 46.3 Å². The number of amides is 2. The molecule has 19 heavy (non-hydrogen) atoms. The summed E-state index contributed by atoms with van der Waals surface area (Å²) in [6.07, 6.45) is 0. The molecule has 0 radical (unpaired) electrons. The minimum atomic E-state index is -1.14. The van der Waals surface area contributed by atoms with E-state index in [-0.39, 0.29) is 11.3 Å². The van der Waals surface area contributed by atoms with Gasteiger partial charge in [-0.15, -0.1) is 11.3 Å². The lowest BCUT2D eigenvalue weighted by atomic mass is 10.2. The van der Waals surface area contributed by atoms with Gasteiger partial charge in [-0.05, 0) is 35.7 Å². The summed E-state index contributed by atoms with van der Waals surface area (Å²) in [5, 5.41) is 16.9. The number of halogens is 1. The summed E-state index contributed by atoms with van der Waals surface area (Å²) in [4.78, 5) is 22.7. The molecule has 0 spiro atoms. The Morgan fingerprint density at radius 1 is 1.21 bits per heavy atom. The highest BCUT2D eigenvalue weighted by molar-refractivity contribution is 7.14. The van der Waals surface area contributed by atoms with Crippen LogP contribution in [0.4, 0.5) is 15.5 Å². The molecule has 0 unspecified atom stereocenters. The number of carbonyl (C=O) groups excluding carboxylic acids is 1. The van der Waals surface area contributed by atoms with Gasteiger partial charge in [0.1, 0.15) is 0 Å². The van der Waals surface area contributed by atoms with E-state index in [2.05, 4.69) is 10.6 Å². The molecule has 0 bridgehead atoms. The highest BCUT2D eigenvalue weighted by atomic mass is 35.5. The Morgan fingerprint density at radius 3 is 2.63 bits per heavy atom. The van der Waals surface area contributed by atoms with Gasteiger partial charge in [0.05, 0.1) is 16.3 Å². The van der Waals surface area contributed by atoms with Crippen LogP contribution in [0.25, 0.3) is 0 Å². The fraction of sp³-hybridized carbons (Fsp3) is 0. The van der Waals surface area contributed by atoms with E-state index in [4.69, 9.17) is 16.7 Å². The topological polar surface area (TPSA) is 78.4 Å². The smallest absolute Gasteiger partial charge is 0.337 e. The Hall–Kier alpha value is -2.05. The molecule has 0 saturated heterocycles. The Bertz CT molecular complexity index is 613. The third-order valence-corrected chi connectivity index (χ3v) is 3.24. The maximum Gasteiger partial charge on any atom is 0.337 e. The number of rotatable bonds is 3. The van der Waals surface area contributed by atoms with Gasteiger partial charge in [0.25, 0.3) is 0 Å². The Kier molecular flexibility index (Phi) is 4.03. The molecule has 1 aromatic heterocycles. The molecular weight excluding hydrogens is 288 g/mol. The highest BCUT2D eigenvalue weighted by Crippen LogP contribution is 2.22. The van der Waals surface area contributed by atoms with Gasteiger partial charge in [-0.3, -0.25) is 5.32 Å². The molecule has 2 aromatic rings. The average Bonchev–Trinajstić information content (AvgIpc) is 2.81. The van der Waals surface area contributed by atoms with E-state index in [1.807, 2.05) is 5.38 Å². The molecule has 2 rings (SSSR count). The van der Waals surface area contributed by atoms with Crippen molar-refractivity contribution >= 4 is 45.6 Å². The first-order valence-corrected chi connectivity index (χ1v) is 6.46. The predicted octanol–water partition coefficient (Wildman–Crippen LogP) is 3.74. The Balaban J connectivity index is 2.16. The third kappa shape index (κ3) is 3.46. The number of carbonyl (C=O) groups is 2. The molecule has 1 aromatic carbocycles. The lowest BCUT2D eigenvalue weighted by molar-refractivity contribution is 0.0698. The minimum Gasteiger partial charge on any atom is -0.478 e. The molecule has 2 amide bonds. The molecule has 5 nitrogen and oxygen atoms in total. The van der Waals surface area contributed by atoms with Crippen LogP contribution >= 0.6 is 22.9 Å². The average molecular weight is 297 g/mol. The van der Waals surface area contributed by atoms with Crippen LogP contribution in [0.1, 0.15) is 10.4 Å². The monoisotopic (exact) mass is 296 g/mol. The molecule has 0 atom stereocenters. The number of anilines is 2. The number of benzene rings is 1. The van der Waals surface area contributed by atoms with Crippen LogP contribution in [0.3, 0.4) is 0 Å². The molecule has 0 saturated carbocycles. The van der Waals surface area contributed by atoms with E-state index < -0.39 is 12.0 Å². The summed E-state index contributed by atoms with van der Waals surface area (Å²) in [6.45, 7) is 0. The van der Waals surface area contributed by atoms with Crippen molar-refractivity contribution in [2.75, 3.05) is 10.6 Å². The number of carboxylic acids is 1. The normalized spacial score (nSPS) is 9.95. The number of thiophene rings is 1. The van der Waals surface area contributed by atoms with Crippen LogP contribution in [0.5, 0.6) is 0 Å². The largest absolute Gasteiger partial charge is 0.478 e. The summed E-state index contributed by atoms with van der Waals surface area (Å²) >= 11 is 7.15. The quantitative estimate of drug-likeness (QED) is 0.807. The fourth-order valence-electron chi connectivity index (χ4n) is 1.42. The zero-order valence-electron chi connectivity index (χ0n) is 9.51. The first kappa shape index (κ1) is 13.4. The van der Waals surface area contributed by atoms with Gasteiger partial charge in [0.15, 0.2) is 0 Å². The standard InChI is InChI=1S/C12H9ClN2O3S/c13-7-3-4-8(11(16)17)9(6-7)14-12(18)15-10-2-1-5-19-10/h1-6H,(H,16,17)(H2,14,15,18). The van der Waals surface area contributed by atoms with Gasteiger partial charge in [-0.25, -0.2) is 9.59 Å². The van der Waals surface area contributed by atoms with Crippen molar-refractivity contribution in [3.63, 3.8) is 0 Å². The third-order valence-electron chi connectivity index (χ3n) is 2.22. The van der Waals surface area contributed by atoms with E-state index in [9.17, 15) is 9.59 Å². The number of hydrogen-bond acceptors (Lipinski definition) is 3. The van der Waals surface area contributed by atoms with Gasteiger partial charge < -0.3 is 10.4 Å². The van der Waals surface area contributed by atoms with Crippen molar-refractivity contribution in [1.82, 2.24) is 0 Å². The fourth-order valence-corrected chi connectivity index (χ4v) is 2.21. The van der Waals surface area contributed by atoms with E-state index in [0.29, 0.717) is 10.0 Å². The zero-order chi connectivity index (χ0) is 13.8. The van der Waals surface area contributed by atoms with Gasteiger partial charge in [0.2, 0.25) is 0 Å². The predicted molar refractivity (Wildman–Crippen MR) is 75.4 cm³/mol. The number of hydrogen-bond donors (Lipinski definition) is 3. The zero-order valence-corrected chi connectivity index (χ0v) is 11.1. The Morgan fingerprint density at radius 2 is 2.00 bits per heavy atom. The second kappa shape index (κ2) is 5.73. The molecule has 7 heteroatoms. The SMILES string of the molecule is O=C(Nc1cccs1)Nc1cc(Cl)ccc1C(=O)O. The molecule has 3 N–H and O–H groups in total. The minimum absolute atomic E-state index is 0.0225. The molecular formula is C12H9ClN2O3S. The van der Waals surface area contributed by atoms with E-state index in [1.54, 1.807) is 12.1 Å². The first-order chi connectivity index (χ1) is 9.06. The lowest BCUT2D eigenvalue weighted by Crippen LogP contribution is -2.20. The maximum absolute atomic E-state index is 11.7. The molecule has 0 aliphatic rings. The highest BCUT2D eigenvalue weighted by Gasteiger charge is 2.13. The van der Waals surface area contributed by atoms with Gasteiger partial charge >= 0.3 is 12.0 Å². The van der Waals surface area contributed by atoms with Gasteiger partial charge in [-0.2, -0.15) is 0 Å². The molecule has 98 valence electrons. The van der Waals surface area contributed by atoms with Gasteiger partial charge in [0, 0.05) is 5.02 Å². The van der Waals surface area contributed by atoms with Crippen LogP contribution in [-0.4, -0.2) is 17.1 Å². The number of nitrogens with one attached hydrogen (secondary N) is 2. The second-order valence-electron chi connectivity index (χ2n) is 3.55.